The molecule has 2 fully saturated rings. The molecule has 6 heteroatoms. The number of hydrogen-bond donors (Lipinski definition) is 0. The quantitative estimate of drug-likeness (QED) is 0.797. The molecule has 2 aliphatic rings. The molecule has 28 heavy (non-hydrogen) atoms. The van der Waals surface area contributed by atoms with Gasteiger partial charge in [-0.15, -0.1) is 0 Å². The second kappa shape index (κ2) is 8.29. The van der Waals surface area contributed by atoms with E-state index in [1.54, 1.807) is 6.20 Å². The summed E-state index contributed by atoms with van der Waals surface area (Å²) in [5.74, 6) is 0.525. The van der Waals surface area contributed by atoms with Gasteiger partial charge in [0.15, 0.2) is 5.79 Å². The summed E-state index contributed by atoms with van der Waals surface area (Å²) >= 11 is 0. The lowest BCUT2D eigenvalue weighted by Gasteiger charge is -2.38. The third-order valence-corrected chi connectivity index (χ3v) is 5.54. The zero-order chi connectivity index (χ0) is 19.4. The number of carbonyl (C=O) groups is 1. The SMILES string of the molecule is CCN(Cc1ccccc1)C(=O)c1ccc(N2CCC3(CC2)OCCO3)nc1. The first-order valence-electron chi connectivity index (χ1n) is 10.0. The van der Waals surface area contributed by atoms with Crippen LogP contribution in [0.25, 0.3) is 0 Å². The molecule has 0 radical (unpaired) electrons. The molecule has 0 atom stereocenters. The first-order chi connectivity index (χ1) is 13.7. The Kier molecular flexibility index (Phi) is 5.59. The summed E-state index contributed by atoms with van der Waals surface area (Å²) in [7, 11) is 0. The second-order valence-corrected chi connectivity index (χ2v) is 7.30. The fraction of sp³-hybridized carbons (Fsp3) is 0.455. The zero-order valence-corrected chi connectivity index (χ0v) is 16.3. The van der Waals surface area contributed by atoms with Crippen LogP contribution in [0.2, 0.25) is 0 Å². The van der Waals surface area contributed by atoms with Crippen molar-refractivity contribution < 1.29 is 14.3 Å². The molecule has 2 aliphatic heterocycles. The van der Waals surface area contributed by atoms with Crippen molar-refractivity contribution in [1.82, 2.24) is 9.88 Å². The van der Waals surface area contributed by atoms with Crippen LogP contribution < -0.4 is 4.90 Å². The van der Waals surface area contributed by atoms with Crippen LogP contribution in [0.1, 0.15) is 35.7 Å². The maximum atomic E-state index is 12.9. The van der Waals surface area contributed by atoms with E-state index < -0.39 is 0 Å². The molecule has 2 saturated heterocycles. The van der Waals surface area contributed by atoms with Gasteiger partial charge in [0, 0.05) is 45.2 Å². The van der Waals surface area contributed by atoms with Gasteiger partial charge in [-0.1, -0.05) is 30.3 Å². The molecule has 1 aromatic heterocycles. The zero-order valence-electron chi connectivity index (χ0n) is 16.3. The Bertz CT molecular complexity index is 778. The van der Waals surface area contributed by atoms with E-state index in [0.717, 1.165) is 37.3 Å². The Balaban J connectivity index is 1.39. The largest absolute Gasteiger partial charge is 0.356 e. The number of piperidine rings is 1. The molecular formula is C22H27N3O3. The molecule has 0 aliphatic carbocycles. The van der Waals surface area contributed by atoms with E-state index >= 15 is 0 Å². The van der Waals surface area contributed by atoms with Crippen LogP contribution in [-0.4, -0.2) is 54.4 Å². The van der Waals surface area contributed by atoms with Gasteiger partial charge < -0.3 is 19.3 Å². The smallest absolute Gasteiger partial charge is 0.255 e. The van der Waals surface area contributed by atoms with Crippen molar-refractivity contribution >= 4 is 11.7 Å². The highest BCUT2D eigenvalue weighted by Crippen LogP contribution is 2.32. The molecule has 6 nitrogen and oxygen atoms in total. The van der Waals surface area contributed by atoms with Crippen LogP contribution in [0.5, 0.6) is 0 Å². The van der Waals surface area contributed by atoms with Gasteiger partial charge in [0.2, 0.25) is 0 Å². The van der Waals surface area contributed by atoms with Crippen LogP contribution in [0.3, 0.4) is 0 Å². The van der Waals surface area contributed by atoms with Crippen LogP contribution >= 0.6 is 0 Å². The number of carbonyl (C=O) groups excluding carboxylic acids is 1. The van der Waals surface area contributed by atoms with Crippen molar-refractivity contribution in [2.24, 2.45) is 0 Å². The molecular weight excluding hydrogens is 354 g/mol. The fourth-order valence-electron chi connectivity index (χ4n) is 3.88. The van der Waals surface area contributed by atoms with Crippen molar-refractivity contribution in [3.8, 4) is 0 Å². The summed E-state index contributed by atoms with van der Waals surface area (Å²) in [6.45, 7) is 6.32. The van der Waals surface area contributed by atoms with Crippen molar-refractivity contribution in [2.75, 3.05) is 37.7 Å². The molecule has 1 amide bonds. The number of amides is 1. The molecule has 4 rings (SSSR count). The third kappa shape index (κ3) is 4.03. The van der Waals surface area contributed by atoms with E-state index in [9.17, 15) is 4.79 Å². The third-order valence-electron chi connectivity index (χ3n) is 5.54. The summed E-state index contributed by atoms with van der Waals surface area (Å²) < 4.78 is 11.6. The van der Waals surface area contributed by atoms with E-state index in [0.29, 0.717) is 31.9 Å². The molecule has 148 valence electrons. The minimum atomic E-state index is -0.383. The maximum absolute atomic E-state index is 12.9. The number of aromatic nitrogens is 1. The van der Waals surface area contributed by atoms with Crippen LogP contribution in [0.4, 0.5) is 5.82 Å². The number of pyridine rings is 1. The minimum absolute atomic E-state index is 0.00996. The van der Waals surface area contributed by atoms with Gasteiger partial charge in [0.25, 0.3) is 5.91 Å². The summed E-state index contributed by atoms with van der Waals surface area (Å²) in [6, 6.07) is 13.9. The first kappa shape index (κ1) is 18.9. The lowest BCUT2D eigenvalue weighted by Crippen LogP contribution is -2.45. The second-order valence-electron chi connectivity index (χ2n) is 7.30. The van der Waals surface area contributed by atoms with Gasteiger partial charge in [-0.25, -0.2) is 4.98 Å². The number of benzene rings is 1. The molecule has 0 unspecified atom stereocenters. The molecule has 1 spiro atoms. The number of rotatable bonds is 5. The minimum Gasteiger partial charge on any atom is -0.356 e. The highest BCUT2D eigenvalue weighted by Gasteiger charge is 2.40. The Hall–Kier alpha value is -2.44. The topological polar surface area (TPSA) is 54.9 Å². The molecule has 3 heterocycles. The number of hydrogen-bond acceptors (Lipinski definition) is 5. The molecule has 0 bridgehead atoms. The Labute approximate surface area is 166 Å². The molecule has 1 aromatic carbocycles. The van der Waals surface area contributed by atoms with Gasteiger partial charge in [-0.3, -0.25) is 4.79 Å². The van der Waals surface area contributed by atoms with Gasteiger partial charge >= 0.3 is 0 Å². The Morgan fingerprint density at radius 3 is 2.43 bits per heavy atom. The molecule has 0 N–H and O–H groups in total. The monoisotopic (exact) mass is 381 g/mol. The van der Waals surface area contributed by atoms with Crippen molar-refractivity contribution in [3.05, 3.63) is 59.8 Å². The van der Waals surface area contributed by atoms with E-state index in [1.165, 1.54) is 0 Å². The predicted octanol–water partition coefficient (Wildman–Crippen LogP) is 3.09. The lowest BCUT2D eigenvalue weighted by molar-refractivity contribution is -0.169. The number of ether oxygens (including phenoxy) is 2. The van der Waals surface area contributed by atoms with Crippen LogP contribution in [-0.2, 0) is 16.0 Å². The predicted molar refractivity (Wildman–Crippen MR) is 107 cm³/mol. The van der Waals surface area contributed by atoms with Crippen molar-refractivity contribution in [2.45, 2.75) is 32.1 Å². The van der Waals surface area contributed by atoms with Gasteiger partial charge in [-0.05, 0) is 24.6 Å². The highest BCUT2D eigenvalue weighted by molar-refractivity contribution is 5.94. The normalized spacial score (nSPS) is 18.4. The summed E-state index contributed by atoms with van der Waals surface area (Å²) in [4.78, 5) is 21.5. The highest BCUT2D eigenvalue weighted by atomic mass is 16.7. The summed E-state index contributed by atoms with van der Waals surface area (Å²) in [5.41, 5.74) is 1.75. The van der Waals surface area contributed by atoms with Crippen molar-refractivity contribution in [1.29, 1.82) is 0 Å². The first-order valence-corrected chi connectivity index (χ1v) is 10.0. The van der Waals surface area contributed by atoms with E-state index in [-0.39, 0.29) is 11.7 Å². The Morgan fingerprint density at radius 1 is 1.11 bits per heavy atom. The van der Waals surface area contributed by atoms with Crippen LogP contribution in [0.15, 0.2) is 48.7 Å². The summed E-state index contributed by atoms with van der Waals surface area (Å²) in [5, 5.41) is 0. The standard InChI is InChI=1S/C22H27N3O3/c1-2-24(17-18-6-4-3-5-7-18)21(26)19-8-9-20(23-16-19)25-12-10-22(11-13-25)27-14-15-28-22/h3-9,16H,2,10-15,17H2,1H3. The van der Waals surface area contributed by atoms with E-state index in [2.05, 4.69) is 9.88 Å². The molecule has 2 aromatic rings. The lowest BCUT2D eigenvalue weighted by atomic mass is 10.0. The van der Waals surface area contributed by atoms with E-state index in [4.69, 9.17) is 9.47 Å². The van der Waals surface area contributed by atoms with Gasteiger partial charge in [-0.2, -0.15) is 0 Å². The fourth-order valence-corrected chi connectivity index (χ4v) is 3.88. The average molecular weight is 381 g/mol. The van der Waals surface area contributed by atoms with Gasteiger partial charge in [0.05, 0.1) is 18.8 Å². The van der Waals surface area contributed by atoms with Crippen molar-refractivity contribution in [3.63, 3.8) is 0 Å². The van der Waals surface area contributed by atoms with E-state index in [1.807, 2.05) is 54.3 Å². The number of nitrogens with zero attached hydrogens (tertiary/aromatic N) is 3. The number of anilines is 1. The Morgan fingerprint density at radius 2 is 1.82 bits per heavy atom. The van der Waals surface area contributed by atoms with Crippen LogP contribution in [0, 0.1) is 0 Å². The molecule has 0 saturated carbocycles. The van der Waals surface area contributed by atoms with Gasteiger partial charge in [0.1, 0.15) is 5.82 Å². The summed E-state index contributed by atoms with van der Waals surface area (Å²) in [6.07, 6.45) is 3.38. The average Bonchev–Trinajstić information content (AvgIpc) is 3.21. The maximum Gasteiger partial charge on any atom is 0.255 e.